The number of benzene rings is 1. The average Bonchev–Trinajstić information content (AvgIpc) is 2.78. The summed E-state index contributed by atoms with van der Waals surface area (Å²) in [4.78, 5) is 7.88. The lowest BCUT2D eigenvalue weighted by atomic mass is 10.1. The van der Waals surface area contributed by atoms with Crippen molar-refractivity contribution in [3.05, 3.63) is 52.4 Å². The summed E-state index contributed by atoms with van der Waals surface area (Å²) in [6.45, 7) is 0. The van der Waals surface area contributed by atoms with Crippen LogP contribution in [0.5, 0.6) is 0 Å². The van der Waals surface area contributed by atoms with Crippen LogP contribution in [-0.2, 0) is 6.42 Å². The van der Waals surface area contributed by atoms with E-state index in [0.717, 1.165) is 0 Å². The molecule has 21 heavy (non-hydrogen) atoms. The van der Waals surface area contributed by atoms with Crippen LogP contribution in [0.2, 0.25) is 5.02 Å². The topological polar surface area (TPSA) is 88.7 Å². The van der Waals surface area contributed by atoms with Crippen molar-refractivity contribution in [3.8, 4) is 6.07 Å². The second kappa shape index (κ2) is 5.04. The summed E-state index contributed by atoms with van der Waals surface area (Å²) in [6, 6.07) is 6.53. The monoisotopic (exact) mass is 302 g/mol. The molecule has 2 heterocycles. The molecule has 3 aromatic rings. The van der Waals surface area contributed by atoms with Crippen LogP contribution in [-0.4, -0.2) is 9.97 Å². The van der Waals surface area contributed by atoms with Crippen molar-refractivity contribution in [3.63, 3.8) is 0 Å². The number of pyridine rings is 1. The minimum atomic E-state index is -0.459. The number of nitrogens with zero attached hydrogens (tertiary/aromatic N) is 3. The van der Waals surface area contributed by atoms with Gasteiger partial charge in [-0.15, -0.1) is 0 Å². The fourth-order valence-electron chi connectivity index (χ4n) is 2.05. The number of hydrogen-bond acceptors (Lipinski definition) is 5. The van der Waals surface area contributed by atoms with Crippen LogP contribution in [0.3, 0.4) is 0 Å². The van der Waals surface area contributed by atoms with Crippen molar-refractivity contribution >= 4 is 28.4 Å². The van der Waals surface area contributed by atoms with Gasteiger partial charge in [-0.1, -0.05) is 11.6 Å². The van der Waals surface area contributed by atoms with Gasteiger partial charge in [-0.2, -0.15) is 5.26 Å². The maximum Gasteiger partial charge on any atom is 0.229 e. The predicted octanol–water partition coefficient (Wildman–Crippen LogP) is 3.06. The number of anilines is 1. The number of nitrogens with two attached hydrogens (primary N) is 1. The third-order valence-electron chi connectivity index (χ3n) is 2.92. The molecular formula is C14H8ClFN4O. The molecule has 104 valence electrons. The molecule has 0 amide bonds. The molecule has 3 rings (SSSR count). The highest BCUT2D eigenvalue weighted by Gasteiger charge is 2.12. The van der Waals surface area contributed by atoms with Gasteiger partial charge >= 0.3 is 0 Å². The number of nitriles is 1. The van der Waals surface area contributed by atoms with Crippen LogP contribution in [0, 0.1) is 17.1 Å². The first-order valence-electron chi connectivity index (χ1n) is 5.96. The second-order valence-electron chi connectivity index (χ2n) is 4.41. The van der Waals surface area contributed by atoms with E-state index < -0.39 is 5.82 Å². The first-order valence-corrected chi connectivity index (χ1v) is 6.33. The summed E-state index contributed by atoms with van der Waals surface area (Å²) in [5, 5.41) is 9.78. The van der Waals surface area contributed by atoms with E-state index in [1.807, 2.05) is 6.07 Å². The van der Waals surface area contributed by atoms with Gasteiger partial charge in [0.15, 0.2) is 0 Å². The van der Waals surface area contributed by atoms with Crippen molar-refractivity contribution in [2.45, 2.75) is 6.42 Å². The molecule has 0 bridgehead atoms. The van der Waals surface area contributed by atoms with Crippen molar-refractivity contribution < 1.29 is 8.81 Å². The van der Waals surface area contributed by atoms with E-state index in [2.05, 4.69) is 9.97 Å². The van der Waals surface area contributed by atoms with Crippen LogP contribution >= 0.6 is 11.6 Å². The summed E-state index contributed by atoms with van der Waals surface area (Å²) in [6.07, 6.45) is 1.60. The third-order valence-corrected chi connectivity index (χ3v) is 3.13. The molecule has 0 fully saturated rings. The second-order valence-corrected chi connectivity index (χ2v) is 4.85. The molecule has 1 aromatic carbocycles. The van der Waals surface area contributed by atoms with Crippen molar-refractivity contribution in [2.24, 2.45) is 0 Å². The zero-order valence-electron chi connectivity index (χ0n) is 10.6. The molecule has 7 heteroatoms. The first kappa shape index (κ1) is 13.3. The highest BCUT2D eigenvalue weighted by Crippen LogP contribution is 2.23. The lowest BCUT2D eigenvalue weighted by Crippen LogP contribution is -1.93. The SMILES string of the molecule is N#Cc1nc(Cc2cc(F)c3ncc(Cl)cc3c2)oc1N. The largest absolute Gasteiger partial charge is 0.424 e. The number of rotatable bonds is 2. The van der Waals surface area contributed by atoms with E-state index >= 15 is 0 Å². The fraction of sp³-hybridized carbons (Fsp3) is 0.0714. The van der Waals surface area contributed by atoms with E-state index in [0.29, 0.717) is 16.0 Å². The number of oxazole rings is 1. The molecule has 2 N–H and O–H groups in total. The Morgan fingerprint density at radius 1 is 1.38 bits per heavy atom. The van der Waals surface area contributed by atoms with E-state index in [9.17, 15) is 4.39 Å². The molecule has 0 saturated heterocycles. The van der Waals surface area contributed by atoms with Crippen molar-refractivity contribution in [1.29, 1.82) is 5.26 Å². The van der Waals surface area contributed by atoms with Crippen LogP contribution in [0.15, 0.2) is 28.8 Å². The Balaban J connectivity index is 2.02. The van der Waals surface area contributed by atoms with Gasteiger partial charge in [0.2, 0.25) is 17.5 Å². The molecular weight excluding hydrogens is 295 g/mol. The van der Waals surface area contributed by atoms with Gasteiger partial charge in [-0.25, -0.2) is 9.37 Å². The summed E-state index contributed by atoms with van der Waals surface area (Å²) in [5.74, 6) is -0.254. The third kappa shape index (κ3) is 2.51. The summed E-state index contributed by atoms with van der Waals surface area (Å²) < 4.78 is 19.2. The van der Waals surface area contributed by atoms with Crippen LogP contribution < -0.4 is 5.73 Å². The fourth-order valence-corrected chi connectivity index (χ4v) is 2.21. The van der Waals surface area contributed by atoms with Crippen molar-refractivity contribution in [1.82, 2.24) is 9.97 Å². The number of nitrogen functional groups attached to an aromatic ring is 1. The number of fused-ring (bicyclic) bond motifs is 1. The first-order chi connectivity index (χ1) is 10.1. The number of halogens is 2. The lowest BCUT2D eigenvalue weighted by molar-refractivity contribution is 0.523. The Morgan fingerprint density at radius 3 is 2.90 bits per heavy atom. The zero-order valence-corrected chi connectivity index (χ0v) is 11.4. The molecule has 0 atom stereocenters. The van der Waals surface area contributed by atoms with Gasteiger partial charge in [-0.05, 0) is 23.8 Å². The Morgan fingerprint density at radius 2 is 2.19 bits per heavy atom. The van der Waals surface area contributed by atoms with E-state index in [-0.39, 0.29) is 29.4 Å². The number of hydrogen-bond donors (Lipinski definition) is 1. The molecule has 0 unspecified atom stereocenters. The minimum absolute atomic E-state index is 0.0240. The van der Waals surface area contributed by atoms with Gasteiger partial charge in [0, 0.05) is 18.0 Å². The molecule has 0 aliphatic carbocycles. The smallest absolute Gasteiger partial charge is 0.229 e. The quantitative estimate of drug-likeness (QED) is 0.786. The highest BCUT2D eigenvalue weighted by atomic mass is 35.5. The molecule has 2 aromatic heterocycles. The Bertz CT molecular complexity index is 885. The van der Waals surface area contributed by atoms with Crippen LogP contribution in [0.25, 0.3) is 10.9 Å². The van der Waals surface area contributed by atoms with Crippen LogP contribution in [0.4, 0.5) is 10.3 Å². The normalized spacial score (nSPS) is 10.7. The Hall–Kier alpha value is -2.65. The van der Waals surface area contributed by atoms with Gasteiger partial charge in [0.25, 0.3) is 0 Å². The zero-order chi connectivity index (χ0) is 15.0. The molecule has 0 aliphatic rings. The lowest BCUT2D eigenvalue weighted by Gasteiger charge is -2.03. The molecule has 0 aliphatic heterocycles. The Kier molecular flexibility index (Phi) is 3.20. The maximum absolute atomic E-state index is 14.0. The Labute approximate surface area is 123 Å². The molecule has 0 radical (unpaired) electrons. The van der Waals surface area contributed by atoms with E-state index in [4.69, 9.17) is 27.0 Å². The minimum Gasteiger partial charge on any atom is -0.424 e. The molecule has 0 spiro atoms. The summed E-state index contributed by atoms with van der Waals surface area (Å²) >= 11 is 5.86. The van der Waals surface area contributed by atoms with E-state index in [1.54, 1.807) is 12.1 Å². The molecule has 5 nitrogen and oxygen atoms in total. The maximum atomic E-state index is 14.0. The highest BCUT2D eigenvalue weighted by molar-refractivity contribution is 6.31. The molecule has 0 saturated carbocycles. The van der Waals surface area contributed by atoms with E-state index in [1.165, 1.54) is 12.3 Å². The summed E-state index contributed by atoms with van der Waals surface area (Å²) in [7, 11) is 0. The van der Waals surface area contributed by atoms with Gasteiger partial charge < -0.3 is 10.2 Å². The number of aromatic nitrogens is 2. The van der Waals surface area contributed by atoms with Gasteiger partial charge in [0.05, 0.1) is 5.02 Å². The van der Waals surface area contributed by atoms with Gasteiger partial charge in [-0.3, -0.25) is 4.98 Å². The van der Waals surface area contributed by atoms with Crippen LogP contribution in [0.1, 0.15) is 17.1 Å². The average molecular weight is 303 g/mol. The van der Waals surface area contributed by atoms with Gasteiger partial charge in [0.1, 0.15) is 17.4 Å². The summed E-state index contributed by atoms with van der Waals surface area (Å²) in [5.41, 5.74) is 6.38. The standard InChI is InChI=1S/C14H8ClFN4O/c15-9-4-8-1-7(2-10(16)13(8)19-6-9)3-12-20-11(5-17)14(18)21-12/h1-2,4,6H,3,18H2. The predicted molar refractivity (Wildman–Crippen MR) is 75.1 cm³/mol. The van der Waals surface area contributed by atoms with Crippen molar-refractivity contribution in [2.75, 3.05) is 5.73 Å².